The summed E-state index contributed by atoms with van der Waals surface area (Å²) < 4.78 is 7.91. The fourth-order valence-corrected chi connectivity index (χ4v) is 3.34. The Hall–Kier alpha value is -1.40. The molecular formula is C15H17BrN2O3. The maximum Gasteiger partial charge on any atom is 0.328 e. The van der Waals surface area contributed by atoms with Gasteiger partial charge in [0.25, 0.3) is 0 Å². The van der Waals surface area contributed by atoms with E-state index in [9.17, 15) is 9.90 Å². The van der Waals surface area contributed by atoms with E-state index in [0.29, 0.717) is 12.3 Å². The van der Waals surface area contributed by atoms with Crippen LogP contribution in [0.3, 0.4) is 0 Å². The Kier molecular flexibility index (Phi) is 4.26. The normalized spacial score (nSPS) is 18.0. The van der Waals surface area contributed by atoms with Crippen LogP contribution in [0.4, 0.5) is 0 Å². The van der Waals surface area contributed by atoms with Gasteiger partial charge in [0.05, 0.1) is 11.7 Å². The van der Waals surface area contributed by atoms with Crippen LogP contribution in [0.5, 0.6) is 0 Å². The molecule has 1 N–H and O–H groups in total. The van der Waals surface area contributed by atoms with E-state index in [4.69, 9.17) is 4.74 Å². The Morgan fingerprint density at radius 3 is 2.95 bits per heavy atom. The zero-order chi connectivity index (χ0) is 14.8. The highest BCUT2D eigenvalue weighted by Crippen LogP contribution is 2.30. The number of halogens is 1. The molecule has 0 saturated carbocycles. The van der Waals surface area contributed by atoms with Crippen molar-refractivity contribution in [1.82, 2.24) is 9.78 Å². The van der Waals surface area contributed by atoms with E-state index in [1.54, 1.807) is 10.9 Å². The number of aliphatic carboxylic acids is 1. The van der Waals surface area contributed by atoms with Crippen molar-refractivity contribution in [3.63, 3.8) is 0 Å². The lowest BCUT2D eigenvalue weighted by molar-refractivity contribution is -0.142. The number of nitrogens with zero attached hydrogens (tertiary/aromatic N) is 2. The molecular weight excluding hydrogens is 336 g/mol. The van der Waals surface area contributed by atoms with Gasteiger partial charge in [-0.3, -0.25) is 4.68 Å². The molecule has 0 aliphatic carbocycles. The van der Waals surface area contributed by atoms with Crippen molar-refractivity contribution >= 4 is 32.8 Å². The monoisotopic (exact) mass is 352 g/mol. The van der Waals surface area contributed by atoms with E-state index in [-0.39, 0.29) is 0 Å². The Balaban J connectivity index is 1.92. The van der Waals surface area contributed by atoms with Crippen molar-refractivity contribution in [2.75, 3.05) is 13.2 Å². The molecule has 0 spiro atoms. The first kappa shape index (κ1) is 14.5. The highest BCUT2D eigenvalue weighted by Gasteiger charge is 2.27. The van der Waals surface area contributed by atoms with Gasteiger partial charge in [-0.05, 0) is 37.3 Å². The number of hydrogen-bond acceptors (Lipinski definition) is 3. The zero-order valence-corrected chi connectivity index (χ0v) is 13.1. The maximum absolute atomic E-state index is 11.7. The van der Waals surface area contributed by atoms with Crippen LogP contribution in [-0.2, 0) is 9.53 Å². The third kappa shape index (κ3) is 2.96. The van der Waals surface area contributed by atoms with Crippen LogP contribution >= 0.6 is 15.9 Å². The summed E-state index contributed by atoms with van der Waals surface area (Å²) in [5, 5.41) is 14.9. The molecule has 1 saturated heterocycles. The molecule has 1 aliphatic rings. The molecule has 1 aromatic carbocycles. The van der Waals surface area contributed by atoms with Crippen LogP contribution in [0, 0.1) is 5.92 Å². The fraction of sp³-hybridized carbons (Fsp3) is 0.467. The lowest BCUT2D eigenvalue weighted by atomic mass is 9.92. The summed E-state index contributed by atoms with van der Waals surface area (Å²) in [7, 11) is 0. The third-order valence-corrected chi connectivity index (χ3v) is 4.76. The van der Waals surface area contributed by atoms with Crippen LogP contribution < -0.4 is 0 Å². The highest BCUT2D eigenvalue weighted by molar-refractivity contribution is 9.10. The zero-order valence-electron chi connectivity index (χ0n) is 11.5. The van der Waals surface area contributed by atoms with Crippen LogP contribution in [0.1, 0.15) is 25.3 Å². The van der Waals surface area contributed by atoms with Gasteiger partial charge in [-0.1, -0.05) is 22.0 Å². The third-order valence-electron chi connectivity index (χ3n) is 4.07. The second kappa shape index (κ2) is 6.15. The van der Waals surface area contributed by atoms with Crippen LogP contribution in [-0.4, -0.2) is 34.1 Å². The molecule has 3 rings (SSSR count). The number of aromatic nitrogens is 2. The predicted octanol–water partition coefficient (Wildman–Crippen LogP) is 3.24. The quantitative estimate of drug-likeness (QED) is 0.917. The van der Waals surface area contributed by atoms with E-state index in [0.717, 1.165) is 41.4 Å². The average Bonchev–Trinajstić information content (AvgIpc) is 2.91. The summed E-state index contributed by atoms with van der Waals surface area (Å²) in [4.78, 5) is 11.7. The van der Waals surface area contributed by atoms with Crippen molar-refractivity contribution in [2.45, 2.75) is 25.3 Å². The molecule has 0 bridgehead atoms. The summed E-state index contributed by atoms with van der Waals surface area (Å²) in [6.45, 7) is 1.45. The Bertz CT molecular complexity index is 649. The van der Waals surface area contributed by atoms with Crippen molar-refractivity contribution in [1.29, 1.82) is 0 Å². The van der Waals surface area contributed by atoms with E-state index < -0.39 is 12.0 Å². The molecule has 5 nitrogen and oxygen atoms in total. The number of carboxylic acids is 1. The van der Waals surface area contributed by atoms with Crippen LogP contribution in [0.2, 0.25) is 0 Å². The molecule has 1 unspecified atom stereocenters. The first-order valence-corrected chi connectivity index (χ1v) is 7.88. The summed E-state index contributed by atoms with van der Waals surface area (Å²) in [6, 6.07) is 5.12. The molecule has 1 atom stereocenters. The smallest absolute Gasteiger partial charge is 0.328 e. The predicted molar refractivity (Wildman–Crippen MR) is 82.3 cm³/mol. The first-order chi connectivity index (χ1) is 10.2. The highest BCUT2D eigenvalue weighted by atomic mass is 79.9. The number of carboxylic acid groups (broad SMARTS) is 1. The van der Waals surface area contributed by atoms with Gasteiger partial charge in [0.15, 0.2) is 0 Å². The van der Waals surface area contributed by atoms with Gasteiger partial charge in [-0.25, -0.2) is 4.79 Å². The van der Waals surface area contributed by atoms with E-state index in [2.05, 4.69) is 21.0 Å². The molecule has 112 valence electrons. The molecule has 1 fully saturated rings. The summed E-state index contributed by atoms with van der Waals surface area (Å²) in [6.07, 6.45) is 4.17. The number of rotatable bonds is 4. The summed E-state index contributed by atoms with van der Waals surface area (Å²) >= 11 is 3.48. The summed E-state index contributed by atoms with van der Waals surface area (Å²) in [5.74, 6) is -0.447. The molecule has 6 heteroatoms. The van der Waals surface area contributed by atoms with Gasteiger partial charge in [-0.15, -0.1) is 0 Å². The largest absolute Gasteiger partial charge is 0.480 e. The fourth-order valence-electron chi connectivity index (χ4n) is 2.89. The lowest BCUT2D eigenvalue weighted by Crippen LogP contribution is -2.26. The molecule has 1 aromatic heterocycles. The minimum atomic E-state index is -0.827. The Morgan fingerprint density at radius 2 is 2.24 bits per heavy atom. The molecule has 1 aliphatic heterocycles. The molecule has 0 radical (unpaired) electrons. The van der Waals surface area contributed by atoms with Crippen molar-refractivity contribution in [2.24, 2.45) is 5.92 Å². The van der Waals surface area contributed by atoms with Crippen LogP contribution in [0.25, 0.3) is 10.9 Å². The minimum absolute atomic E-state index is 0.381. The standard InChI is InChI=1S/C15H17BrN2O3/c16-12-2-1-3-13-11(12)9-17-18(13)14(15(19)20)8-10-4-6-21-7-5-10/h1-3,9-10,14H,4-8H2,(H,19,20). The van der Waals surface area contributed by atoms with Crippen molar-refractivity contribution < 1.29 is 14.6 Å². The number of ether oxygens (including phenoxy) is 1. The first-order valence-electron chi connectivity index (χ1n) is 7.09. The van der Waals surface area contributed by atoms with Gasteiger partial charge in [0.1, 0.15) is 6.04 Å². The van der Waals surface area contributed by atoms with Gasteiger partial charge < -0.3 is 9.84 Å². The molecule has 2 heterocycles. The maximum atomic E-state index is 11.7. The molecule has 0 amide bonds. The van der Waals surface area contributed by atoms with Gasteiger partial charge in [0, 0.05) is 23.1 Å². The van der Waals surface area contributed by atoms with E-state index >= 15 is 0 Å². The van der Waals surface area contributed by atoms with Gasteiger partial charge in [0.2, 0.25) is 0 Å². The number of hydrogen-bond donors (Lipinski definition) is 1. The topological polar surface area (TPSA) is 64.3 Å². The SMILES string of the molecule is O=C(O)C(CC1CCOCC1)n1ncc2c(Br)cccc21. The summed E-state index contributed by atoms with van der Waals surface area (Å²) in [5.41, 5.74) is 0.851. The van der Waals surface area contributed by atoms with E-state index in [1.165, 1.54) is 0 Å². The molecule has 21 heavy (non-hydrogen) atoms. The number of carbonyl (C=O) groups is 1. The van der Waals surface area contributed by atoms with Crippen LogP contribution in [0.15, 0.2) is 28.9 Å². The lowest BCUT2D eigenvalue weighted by Gasteiger charge is -2.25. The van der Waals surface area contributed by atoms with E-state index in [1.807, 2.05) is 18.2 Å². The van der Waals surface area contributed by atoms with Crippen molar-refractivity contribution in [3.8, 4) is 0 Å². The second-order valence-electron chi connectivity index (χ2n) is 5.41. The number of benzene rings is 1. The minimum Gasteiger partial charge on any atom is -0.480 e. The Morgan fingerprint density at radius 1 is 1.48 bits per heavy atom. The number of fused-ring (bicyclic) bond motifs is 1. The Labute approximate surface area is 131 Å². The second-order valence-corrected chi connectivity index (χ2v) is 6.26. The van der Waals surface area contributed by atoms with Gasteiger partial charge >= 0.3 is 5.97 Å². The van der Waals surface area contributed by atoms with Gasteiger partial charge in [-0.2, -0.15) is 5.10 Å². The van der Waals surface area contributed by atoms with Crippen molar-refractivity contribution in [3.05, 3.63) is 28.9 Å². The average molecular weight is 353 g/mol. The molecule has 2 aromatic rings.